The normalized spacial score (nSPS) is 5.50. The summed E-state index contributed by atoms with van der Waals surface area (Å²) in [5.74, 6) is 0. The van der Waals surface area contributed by atoms with Crippen LogP contribution in [0.15, 0.2) is 0 Å². The van der Waals surface area contributed by atoms with Crippen LogP contribution in [-0.2, 0) is 0 Å². The van der Waals surface area contributed by atoms with Crippen LogP contribution in [-0.4, -0.2) is 15.0 Å². The minimum absolute atomic E-state index is 0. The second-order valence-electron chi connectivity index (χ2n) is 1.85. The standard InChI is InChI=1S/C6H15N.B.4FH/c1-2-3-4-5-6-7;;;;;/h2-7H2,1H3;;4*1H. The van der Waals surface area contributed by atoms with Crippen molar-refractivity contribution in [2.24, 2.45) is 5.73 Å². The summed E-state index contributed by atoms with van der Waals surface area (Å²) in [5, 5.41) is 0. The molecule has 0 aromatic rings. The number of hydrogen-bond donors (Lipinski definition) is 1. The highest BCUT2D eigenvalue weighted by molar-refractivity contribution is 5.75. The number of rotatable bonds is 4. The number of unbranched alkanes of at least 4 members (excludes halogenated alkanes) is 3. The molecule has 0 spiro atoms. The van der Waals surface area contributed by atoms with Crippen molar-refractivity contribution in [1.29, 1.82) is 0 Å². The van der Waals surface area contributed by atoms with E-state index in [9.17, 15) is 0 Å². The second-order valence-corrected chi connectivity index (χ2v) is 1.85. The summed E-state index contributed by atoms with van der Waals surface area (Å²) in [6.07, 6.45) is 5.16. The second kappa shape index (κ2) is 45.3. The first-order chi connectivity index (χ1) is 3.41. The van der Waals surface area contributed by atoms with Crippen LogP contribution in [0.4, 0.5) is 18.8 Å². The lowest BCUT2D eigenvalue weighted by Crippen LogP contribution is -1.97. The molecule has 0 aliphatic rings. The third-order valence-corrected chi connectivity index (χ3v) is 1.06. The van der Waals surface area contributed by atoms with Crippen molar-refractivity contribution in [1.82, 2.24) is 0 Å². The van der Waals surface area contributed by atoms with E-state index in [-0.39, 0.29) is 27.2 Å². The summed E-state index contributed by atoms with van der Waals surface area (Å²) in [4.78, 5) is 0. The molecule has 0 aliphatic carbocycles. The highest BCUT2D eigenvalue weighted by Gasteiger charge is 1.80. The van der Waals surface area contributed by atoms with Crippen molar-refractivity contribution < 1.29 is 18.8 Å². The number of hydrogen-bond acceptors (Lipinski definition) is 1. The molecular weight excluding hydrogens is 173 g/mol. The number of nitrogens with two attached hydrogens (primary N) is 1. The Hall–Kier alpha value is -0.255. The van der Waals surface area contributed by atoms with Crippen LogP contribution in [0.3, 0.4) is 0 Å². The topological polar surface area (TPSA) is 26.0 Å². The molecule has 6 heteroatoms. The van der Waals surface area contributed by atoms with Gasteiger partial charge < -0.3 is 5.73 Å². The Morgan fingerprint density at radius 1 is 0.833 bits per heavy atom. The van der Waals surface area contributed by atoms with Gasteiger partial charge in [0.15, 0.2) is 0 Å². The van der Waals surface area contributed by atoms with Gasteiger partial charge in [0.05, 0.1) is 0 Å². The highest BCUT2D eigenvalue weighted by Crippen LogP contribution is 1.95. The van der Waals surface area contributed by atoms with Gasteiger partial charge in [0.2, 0.25) is 0 Å². The van der Waals surface area contributed by atoms with Crippen molar-refractivity contribution in [3.8, 4) is 0 Å². The molecule has 0 aromatic heterocycles. The molecule has 0 fully saturated rings. The van der Waals surface area contributed by atoms with Crippen molar-refractivity contribution >= 4 is 8.41 Å². The Morgan fingerprint density at radius 2 is 1.25 bits per heavy atom. The van der Waals surface area contributed by atoms with Crippen molar-refractivity contribution in [2.45, 2.75) is 32.6 Å². The van der Waals surface area contributed by atoms with Gasteiger partial charge in [-0.15, -0.1) is 0 Å². The van der Waals surface area contributed by atoms with Crippen LogP contribution in [0.25, 0.3) is 0 Å². The maximum absolute atomic E-state index is 5.27. The van der Waals surface area contributed by atoms with Gasteiger partial charge >= 0.3 is 0 Å². The Morgan fingerprint density at radius 3 is 1.50 bits per heavy atom. The van der Waals surface area contributed by atoms with E-state index in [0.717, 1.165) is 6.54 Å². The minimum Gasteiger partial charge on any atom is -0.330 e. The van der Waals surface area contributed by atoms with Crippen LogP contribution >= 0.6 is 0 Å². The first-order valence-electron chi connectivity index (χ1n) is 3.12. The summed E-state index contributed by atoms with van der Waals surface area (Å²) in [6, 6.07) is 0. The van der Waals surface area contributed by atoms with Crippen molar-refractivity contribution in [2.75, 3.05) is 6.54 Å². The van der Waals surface area contributed by atoms with Gasteiger partial charge in [-0.2, -0.15) is 0 Å². The van der Waals surface area contributed by atoms with Gasteiger partial charge in [0.25, 0.3) is 0 Å². The molecule has 0 heterocycles. The molecule has 79 valence electrons. The van der Waals surface area contributed by atoms with Crippen LogP contribution in [0, 0.1) is 0 Å². The van der Waals surface area contributed by atoms with Crippen LogP contribution in [0.1, 0.15) is 32.6 Å². The van der Waals surface area contributed by atoms with Gasteiger partial charge in [-0.3, -0.25) is 18.8 Å². The Balaban J connectivity index is -0.0000000180. The maximum atomic E-state index is 5.27. The van der Waals surface area contributed by atoms with E-state index < -0.39 is 0 Å². The third-order valence-electron chi connectivity index (χ3n) is 1.06. The molecule has 0 rings (SSSR count). The van der Waals surface area contributed by atoms with E-state index in [4.69, 9.17) is 5.73 Å². The lowest BCUT2D eigenvalue weighted by atomic mass is 10.2. The average Bonchev–Trinajstić information content (AvgIpc) is 1.69. The van der Waals surface area contributed by atoms with Gasteiger partial charge in [-0.1, -0.05) is 26.2 Å². The largest absolute Gasteiger partial charge is 0.330 e. The number of halogens is 4. The predicted octanol–water partition coefficient (Wildman–Crippen LogP) is 1.75. The van der Waals surface area contributed by atoms with Gasteiger partial charge in [0, 0.05) is 8.41 Å². The van der Waals surface area contributed by atoms with E-state index in [1.807, 2.05) is 0 Å². The molecule has 0 aliphatic heterocycles. The zero-order valence-electron chi connectivity index (χ0n) is 7.32. The molecule has 1 nitrogen and oxygen atoms in total. The molecule has 0 aromatic carbocycles. The fourth-order valence-electron chi connectivity index (χ4n) is 0.571. The molecule has 12 heavy (non-hydrogen) atoms. The molecule has 3 radical (unpaired) electrons. The fraction of sp³-hybridized carbons (Fsp3) is 1.00. The van der Waals surface area contributed by atoms with Crippen LogP contribution in [0.2, 0.25) is 0 Å². The Bertz CT molecular complexity index is 38.7. The lowest BCUT2D eigenvalue weighted by molar-refractivity contribution is 0.674. The van der Waals surface area contributed by atoms with Crippen LogP contribution in [0.5, 0.6) is 0 Å². The first-order valence-corrected chi connectivity index (χ1v) is 3.12. The Kier molecular flexibility index (Phi) is 155. The highest BCUT2D eigenvalue weighted by atomic mass is 19.0. The average molecular weight is 192 g/mol. The van der Waals surface area contributed by atoms with E-state index in [1.165, 1.54) is 25.7 Å². The lowest BCUT2D eigenvalue weighted by Gasteiger charge is -1.90. The quantitative estimate of drug-likeness (QED) is 0.410. The fourth-order valence-corrected chi connectivity index (χ4v) is 0.571. The first kappa shape index (κ1) is 41.1. The molecule has 0 amide bonds. The van der Waals surface area contributed by atoms with Gasteiger partial charge in [-0.25, -0.2) is 0 Å². The molecule has 0 saturated carbocycles. The third kappa shape index (κ3) is 53.1. The van der Waals surface area contributed by atoms with E-state index in [1.54, 1.807) is 0 Å². The summed E-state index contributed by atoms with van der Waals surface area (Å²) in [6.45, 7) is 3.07. The summed E-state index contributed by atoms with van der Waals surface area (Å²) < 4.78 is 0. The zero-order chi connectivity index (χ0) is 5.54. The smallest absolute Gasteiger partial charge is 0 e. The molecule has 0 atom stereocenters. The predicted molar refractivity (Wildman–Crippen MR) is 49.0 cm³/mol. The van der Waals surface area contributed by atoms with E-state index >= 15 is 0 Å². The van der Waals surface area contributed by atoms with Gasteiger partial charge in [-0.05, 0) is 13.0 Å². The monoisotopic (exact) mass is 192 g/mol. The van der Waals surface area contributed by atoms with Crippen molar-refractivity contribution in [3.05, 3.63) is 0 Å². The maximum Gasteiger partial charge on any atom is 0 e. The summed E-state index contributed by atoms with van der Waals surface area (Å²) >= 11 is 0. The zero-order valence-corrected chi connectivity index (χ0v) is 7.32. The molecule has 0 saturated heterocycles. The Labute approximate surface area is 73.1 Å². The SMILES string of the molecule is CCCCCCN.F.F.F.F.[B]. The van der Waals surface area contributed by atoms with Gasteiger partial charge in [0.1, 0.15) is 0 Å². The van der Waals surface area contributed by atoms with Crippen LogP contribution < -0.4 is 5.73 Å². The summed E-state index contributed by atoms with van der Waals surface area (Å²) in [5.41, 5.74) is 5.27. The summed E-state index contributed by atoms with van der Waals surface area (Å²) in [7, 11) is 0. The molecule has 0 bridgehead atoms. The molecular formula is C6H19BF4N. The van der Waals surface area contributed by atoms with E-state index in [2.05, 4.69) is 6.92 Å². The van der Waals surface area contributed by atoms with E-state index in [0.29, 0.717) is 0 Å². The molecule has 0 unspecified atom stereocenters. The molecule has 2 N–H and O–H groups in total. The van der Waals surface area contributed by atoms with Crippen molar-refractivity contribution in [3.63, 3.8) is 0 Å². The minimum atomic E-state index is 0.